The summed E-state index contributed by atoms with van der Waals surface area (Å²) in [6.07, 6.45) is 0.0823. The number of rotatable bonds is 1. The van der Waals surface area contributed by atoms with Gasteiger partial charge in [0.1, 0.15) is 0 Å². The van der Waals surface area contributed by atoms with Gasteiger partial charge in [0.2, 0.25) is 5.00 Å². The summed E-state index contributed by atoms with van der Waals surface area (Å²) >= 11 is 11.3. The van der Waals surface area contributed by atoms with Crippen molar-refractivity contribution in [2.75, 3.05) is 6.54 Å². The molecule has 0 aromatic heterocycles. The minimum absolute atomic E-state index is 0.0823. The second-order valence-corrected chi connectivity index (χ2v) is 3.83. The first kappa shape index (κ1) is 10.0. The molecule has 0 saturated carbocycles. The molecule has 1 aliphatic heterocycles. The van der Waals surface area contributed by atoms with Crippen molar-refractivity contribution in [3.63, 3.8) is 0 Å². The van der Waals surface area contributed by atoms with Crippen molar-refractivity contribution in [2.45, 2.75) is 16.8 Å². The number of carbonyl (C=O) groups is 1. The van der Waals surface area contributed by atoms with Crippen LogP contribution in [0.25, 0.3) is 0 Å². The lowest BCUT2D eigenvalue weighted by molar-refractivity contribution is -0.160. The first-order chi connectivity index (χ1) is 5.50. The summed E-state index contributed by atoms with van der Waals surface area (Å²) in [5.74, 6) is -0.880. The van der Waals surface area contributed by atoms with E-state index in [9.17, 15) is 4.79 Å². The number of hydroxylamine groups is 3. The van der Waals surface area contributed by atoms with Crippen LogP contribution in [0.4, 0.5) is 0 Å². The van der Waals surface area contributed by atoms with Crippen LogP contribution in [-0.4, -0.2) is 38.3 Å². The molecule has 0 bridgehead atoms. The van der Waals surface area contributed by atoms with Gasteiger partial charge in [0, 0.05) is 13.0 Å². The molecular weight excluding hydrogens is 207 g/mol. The zero-order valence-electron chi connectivity index (χ0n) is 6.00. The van der Waals surface area contributed by atoms with Crippen molar-refractivity contribution < 1.29 is 15.2 Å². The Morgan fingerprint density at radius 2 is 2.33 bits per heavy atom. The number of hydrogen-bond acceptors (Lipinski definition) is 4. The van der Waals surface area contributed by atoms with Crippen molar-refractivity contribution in [3.05, 3.63) is 0 Å². The van der Waals surface area contributed by atoms with Crippen LogP contribution < -0.4 is 5.48 Å². The summed E-state index contributed by atoms with van der Waals surface area (Å²) in [6, 6.07) is 0. The second kappa shape index (κ2) is 3.35. The highest BCUT2D eigenvalue weighted by Gasteiger charge is 2.49. The molecule has 2 atom stereocenters. The molecule has 3 N–H and O–H groups in total. The van der Waals surface area contributed by atoms with E-state index in [1.54, 1.807) is 0 Å². The first-order valence-electron chi connectivity index (χ1n) is 3.24. The fourth-order valence-electron chi connectivity index (χ4n) is 1.09. The molecule has 0 aliphatic carbocycles. The summed E-state index contributed by atoms with van der Waals surface area (Å²) in [4.78, 5) is 9.30. The number of alkyl halides is 2. The zero-order valence-corrected chi connectivity index (χ0v) is 7.51. The number of nitrogens with zero attached hydrogens (tertiary/aromatic N) is 1. The fourth-order valence-corrected chi connectivity index (χ4v) is 1.82. The Kier molecular flexibility index (Phi) is 2.80. The molecule has 0 unspecified atom stereocenters. The fraction of sp³-hybridized carbons (Fsp3) is 0.800. The van der Waals surface area contributed by atoms with Gasteiger partial charge in [0.25, 0.3) is 5.91 Å². The Morgan fingerprint density at radius 3 is 2.67 bits per heavy atom. The Hall–Kier alpha value is -0.0700. The summed E-state index contributed by atoms with van der Waals surface area (Å²) in [5.41, 5.74) is 1.37. The Labute approximate surface area is 78.8 Å². The van der Waals surface area contributed by atoms with E-state index < -0.39 is 16.3 Å². The third-order valence-corrected chi connectivity index (χ3v) is 2.54. The van der Waals surface area contributed by atoms with Crippen molar-refractivity contribution >= 4 is 29.1 Å². The van der Waals surface area contributed by atoms with Gasteiger partial charge in [-0.1, -0.05) is 11.6 Å². The molecule has 5 nitrogen and oxygen atoms in total. The van der Waals surface area contributed by atoms with Crippen LogP contribution in [0.3, 0.4) is 0 Å². The first-order valence-corrected chi connectivity index (χ1v) is 4.06. The van der Waals surface area contributed by atoms with Crippen molar-refractivity contribution in [1.82, 2.24) is 10.5 Å². The van der Waals surface area contributed by atoms with Crippen LogP contribution in [0.2, 0.25) is 0 Å². The molecule has 0 radical (unpaired) electrons. The van der Waals surface area contributed by atoms with Gasteiger partial charge < -0.3 is 5.21 Å². The maximum atomic E-state index is 10.9. The average molecular weight is 215 g/mol. The van der Waals surface area contributed by atoms with Gasteiger partial charge in [-0.05, 0) is 0 Å². The van der Waals surface area contributed by atoms with Crippen LogP contribution >= 0.6 is 23.2 Å². The summed E-state index contributed by atoms with van der Waals surface area (Å²) < 4.78 is 0. The number of hydrogen-bond donors (Lipinski definition) is 3. The lowest BCUT2D eigenvalue weighted by atomic mass is 10.2. The second-order valence-electron chi connectivity index (χ2n) is 2.58. The van der Waals surface area contributed by atoms with Crippen LogP contribution in [0.1, 0.15) is 6.42 Å². The molecule has 7 heteroatoms. The lowest BCUT2D eigenvalue weighted by Gasteiger charge is -2.24. The van der Waals surface area contributed by atoms with E-state index in [2.05, 4.69) is 0 Å². The van der Waals surface area contributed by atoms with Gasteiger partial charge in [-0.2, -0.15) is 5.06 Å². The van der Waals surface area contributed by atoms with Crippen LogP contribution in [0, 0.1) is 0 Å². The van der Waals surface area contributed by atoms with Crippen LogP contribution in [-0.2, 0) is 4.79 Å². The van der Waals surface area contributed by atoms with Crippen LogP contribution in [0.5, 0.6) is 0 Å². The molecule has 0 aromatic carbocycles. The van der Waals surface area contributed by atoms with Crippen molar-refractivity contribution in [1.29, 1.82) is 0 Å². The molecule has 1 aliphatic rings. The molecule has 70 valence electrons. The molecule has 0 aromatic rings. The SMILES string of the molecule is O=C(NO)[C@]1(Cl)C[C@@H](Cl)CN1O. The lowest BCUT2D eigenvalue weighted by Crippen LogP contribution is -2.49. The van der Waals surface area contributed by atoms with Gasteiger partial charge in [-0.3, -0.25) is 10.0 Å². The van der Waals surface area contributed by atoms with Gasteiger partial charge in [-0.25, -0.2) is 5.48 Å². The zero-order chi connectivity index (χ0) is 9.35. The molecule has 1 saturated heterocycles. The van der Waals surface area contributed by atoms with E-state index in [-0.39, 0.29) is 13.0 Å². The summed E-state index contributed by atoms with van der Waals surface area (Å²) in [5, 5.41) is 17.7. The number of amides is 1. The molecule has 1 amide bonds. The molecule has 1 heterocycles. The number of carbonyl (C=O) groups excluding carboxylic acids is 1. The molecule has 0 spiro atoms. The van der Waals surface area contributed by atoms with E-state index in [1.807, 2.05) is 0 Å². The molecule has 1 fully saturated rings. The minimum atomic E-state index is -1.64. The largest absolute Gasteiger partial charge is 0.312 e. The monoisotopic (exact) mass is 214 g/mol. The maximum Gasteiger partial charge on any atom is 0.281 e. The topological polar surface area (TPSA) is 72.8 Å². The average Bonchev–Trinajstić information content (AvgIpc) is 2.26. The molecule has 12 heavy (non-hydrogen) atoms. The Bertz CT molecular complexity index is 203. The van der Waals surface area contributed by atoms with Crippen molar-refractivity contribution in [2.24, 2.45) is 0 Å². The third kappa shape index (κ3) is 1.51. The number of halogens is 2. The highest BCUT2D eigenvalue weighted by atomic mass is 35.5. The smallest absolute Gasteiger partial charge is 0.281 e. The number of nitrogens with one attached hydrogen (secondary N) is 1. The summed E-state index contributed by atoms with van der Waals surface area (Å²) in [7, 11) is 0. The van der Waals surface area contributed by atoms with Crippen LogP contribution in [0.15, 0.2) is 0 Å². The van der Waals surface area contributed by atoms with Gasteiger partial charge in [0.15, 0.2) is 0 Å². The van der Waals surface area contributed by atoms with Gasteiger partial charge >= 0.3 is 0 Å². The van der Waals surface area contributed by atoms with Crippen molar-refractivity contribution in [3.8, 4) is 0 Å². The normalized spacial score (nSPS) is 36.8. The van der Waals surface area contributed by atoms with E-state index in [0.717, 1.165) is 0 Å². The standard InChI is InChI=1S/C5H8Cl2N2O3/c6-3-1-5(7,4(10)8-11)9(12)2-3/h3,11-12H,1-2H2,(H,8,10)/t3-,5+/m1/s1. The van der Waals surface area contributed by atoms with E-state index in [4.69, 9.17) is 33.6 Å². The van der Waals surface area contributed by atoms with Gasteiger partial charge in [0.05, 0.1) is 5.38 Å². The molecular formula is C5H8Cl2N2O3. The summed E-state index contributed by atoms with van der Waals surface area (Å²) in [6.45, 7) is 0.0957. The molecule has 1 rings (SSSR count). The van der Waals surface area contributed by atoms with Gasteiger partial charge in [-0.15, -0.1) is 11.6 Å². The minimum Gasteiger partial charge on any atom is -0.312 e. The highest BCUT2D eigenvalue weighted by Crippen LogP contribution is 2.34. The predicted molar refractivity (Wildman–Crippen MR) is 41.3 cm³/mol. The maximum absolute atomic E-state index is 10.9. The quantitative estimate of drug-likeness (QED) is 0.251. The Morgan fingerprint density at radius 1 is 1.75 bits per heavy atom. The van der Waals surface area contributed by atoms with E-state index in [0.29, 0.717) is 5.06 Å². The van der Waals surface area contributed by atoms with E-state index >= 15 is 0 Å². The highest BCUT2D eigenvalue weighted by molar-refractivity contribution is 6.35. The van der Waals surface area contributed by atoms with E-state index in [1.165, 1.54) is 5.48 Å². The Balaban J connectivity index is 2.77. The predicted octanol–water partition coefficient (Wildman–Crippen LogP) is 0.129. The third-order valence-electron chi connectivity index (χ3n) is 1.72.